The third kappa shape index (κ3) is 4.17. The first kappa shape index (κ1) is 21.0. The fourth-order valence-electron chi connectivity index (χ4n) is 2.90. The summed E-state index contributed by atoms with van der Waals surface area (Å²) in [5, 5.41) is 2.95. The molecule has 0 unspecified atom stereocenters. The maximum absolute atomic E-state index is 13.6. The average molecular weight is 413 g/mol. The molecule has 1 aromatic carbocycles. The van der Waals surface area contributed by atoms with Gasteiger partial charge in [-0.2, -0.15) is 4.39 Å². The van der Waals surface area contributed by atoms with E-state index in [0.717, 1.165) is 29.1 Å². The van der Waals surface area contributed by atoms with Gasteiger partial charge in [-0.1, -0.05) is 13.8 Å². The zero-order valence-corrected chi connectivity index (χ0v) is 16.5. The number of fused-ring (bicyclic) bond motifs is 1. The van der Waals surface area contributed by atoms with Gasteiger partial charge in [0.05, 0.1) is 12.4 Å². The maximum Gasteiger partial charge on any atom is 0.278 e. The molecule has 30 heavy (non-hydrogen) atoms. The van der Waals surface area contributed by atoms with E-state index in [1.165, 1.54) is 18.3 Å². The van der Waals surface area contributed by atoms with Crippen molar-refractivity contribution < 1.29 is 22.4 Å². The van der Waals surface area contributed by atoms with Crippen molar-refractivity contribution in [3.05, 3.63) is 77.7 Å². The van der Waals surface area contributed by atoms with E-state index < -0.39 is 29.1 Å². The van der Waals surface area contributed by atoms with Crippen LogP contribution in [0.3, 0.4) is 0 Å². The van der Waals surface area contributed by atoms with Crippen molar-refractivity contribution in [1.29, 1.82) is 0 Å². The molecule has 154 valence electrons. The summed E-state index contributed by atoms with van der Waals surface area (Å²) in [5.74, 6) is -2.97. The highest BCUT2D eigenvalue weighted by Crippen LogP contribution is 2.30. The van der Waals surface area contributed by atoms with Gasteiger partial charge in [-0.05, 0) is 42.3 Å². The zero-order chi connectivity index (χ0) is 21.8. The molecule has 3 heterocycles. The van der Waals surface area contributed by atoms with E-state index in [2.05, 4.69) is 15.3 Å². The standard InChI is InChI=1S/C20H12F3N3O2.C2H6/c1-10-4-16-12(6-17(23)28-16)5-13(10)11-2-3-18(25-7-11)26-20(27)19-14(21)8-24-9-15(19)22;1-2/h2-9H,1H3,(H,25,26,27);1-2H3. The minimum Gasteiger partial charge on any atom is -0.431 e. The number of carbonyl (C=O) groups is 1. The minimum absolute atomic E-state index is 0.123. The number of pyridine rings is 2. The molecule has 0 bridgehead atoms. The molecule has 4 aromatic rings. The lowest BCUT2D eigenvalue weighted by Crippen LogP contribution is -2.16. The number of hydrogen-bond donors (Lipinski definition) is 1. The fourth-order valence-corrected chi connectivity index (χ4v) is 2.90. The first-order chi connectivity index (χ1) is 14.4. The summed E-state index contributed by atoms with van der Waals surface area (Å²) in [7, 11) is 0. The van der Waals surface area contributed by atoms with E-state index in [0.29, 0.717) is 11.0 Å². The van der Waals surface area contributed by atoms with Gasteiger partial charge in [-0.3, -0.25) is 9.78 Å². The number of nitrogens with zero attached hydrogens (tertiary/aromatic N) is 2. The molecule has 5 nitrogen and oxygen atoms in total. The number of aryl methyl sites for hydroxylation is 1. The summed E-state index contributed by atoms with van der Waals surface area (Å²) < 4.78 is 45.5. The average Bonchev–Trinajstić information content (AvgIpc) is 3.08. The molecule has 1 N–H and O–H groups in total. The number of benzene rings is 1. The molecule has 0 saturated carbocycles. The van der Waals surface area contributed by atoms with Crippen LogP contribution in [0.4, 0.5) is 19.0 Å². The van der Waals surface area contributed by atoms with Crippen molar-refractivity contribution in [3.8, 4) is 11.1 Å². The Morgan fingerprint density at radius 2 is 1.70 bits per heavy atom. The summed E-state index contributed by atoms with van der Waals surface area (Å²) in [5.41, 5.74) is 2.09. The molecule has 4 rings (SSSR count). The maximum atomic E-state index is 13.6. The van der Waals surface area contributed by atoms with Crippen molar-refractivity contribution in [2.45, 2.75) is 20.8 Å². The first-order valence-corrected chi connectivity index (χ1v) is 9.19. The van der Waals surface area contributed by atoms with E-state index in [1.54, 1.807) is 18.2 Å². The predicted molar refractivity (Wildman–Crippen MR) is 108 cm³/mol. The van der Waals surface area contributed by atoms with Crippen LogP contribution in [0.1, 0.15) is 29.8 Å². The molecule has 0 aliphatic carbocycles. The zero-order valence-electron chi connectivity index (χ0n) is 16.5. The largest absolute Gasteiger partial charge is 0.431 e. The summed E-state index contributed by atoms with van der Waals surface area (Å²) in [4.78, 5) is 19.6. The molecule has 0 atom stereocenters. The van der Waals surface area contributed by atoms with Gasteiger partial charge in [0, 0.05) is 23.2 Å². The molecule has 8 heteroatoms. The van der Waals surface area contributed by atoms with E-state index in [9.17, 15) is 18.0 Å². The molecule has 0 aliphatic heterocycles. The second-order valence-corrected chi connectivity index (χ2v) is 6.12. The summed E-state index contributed by atoms with van der Waals surface area (Å²) >= 11 is 0. The Balaban J connectivity index is 0.00000124. The van der Waals surface area contributed by atoms with Crippen LogP contribution in [0.15, 0.2) is 53.3 Å². The smallest absolute Gasteiger partial charge is 0.278 e. The van der Waals surface area contributed by atoms with E-state index in [1.807, 2.05) is 20.8 Å². The number of anilines is 1. The van der Waals surface area contributed by atoms with Gasteiger partial charge in [0.2, 0.25) is 0 Å². The number of aromatic nitrogens is 2. The summed E-state index contributed by atoms with van der Waals surface area (Å²) in [6.07, 6.45) is 3.01. The summed E-state index contributed by atoms with van der Waals surface area (Å²) in [6, 6.07) is 7.31. The molecular formula is C22H18F3N3O2. The van der Waals surface area contributed by atoms with Crippen LogP contribution in [0.5, 0.6) is 0 Å². The lowest BCUT2D eigenvalue weighted by Gasteiger charge is -2.09. The quantitative estimate of drug-likeness (QED) is 0.454. The van der Waals surface area contributed by atoms with Gasteiger partial charge in [0.15, 0.2) is 11.6 Å². The minimum atomic E-state index is -1.06. The van der Waals surface area contributed by atoms with Gasteiger partial charge >= 0.3 is 0 Å². The van der Waals surface area contributed by atoms with Gasteiger partial charge in [0.25, 0.3) is 11.9 Å². The van der Waals surface area contributed by atoms with Crippen molar-refractivity contribution in [2.75, 3.05) is 5.32 Å². The number of nitrogens with one attached hydrogen (secondary N) is 1. The first-order valence-electron chi connectivity index (χ1n) is 9.19. The number of furan rings is 1. The Morgan fingerprint density at radius 1 is 1.00 bits per heavy atom. The van der Waals surface area contributed by atoms with Crippen LogP contribution in [0, 0.1) is 24.6 Å². The second-order valence-electron chi connectivity index (χ2n) is 6.12. The predicted octanol–water partition coefficient (Wildman–Crippen LogP) is 5.89. The number of halogens is 3. The number of rotatable bonds is 3. The van der Waals surface area contributed by atoms with Crippen LogP contribution >= 0.6 is 0 Å². The number of carbonyl (C=O) groups excluding carboxylic acids is 1. The molecule has 0 fully saturated rings. The Bertz CT molecular complexity index is 1180. The molecule has 0 aliphatic rings. The van der Waals surface area contributed by atoms with Crippen LogP contribution in [-0.4, -0.2) is 15.9 Å². The van der Waals surface area contributed by atoms with Gasteiger partial charge in [-0.15, -0.1) is 0 Å². The molecule has 3 aromatic heterocycles. The second kappa shape index (κ2) is 8.77. The van der Waals surface area contributed by atoms with Crippen molar-refractivity contribution >= 4 is 22.7 Å². The van der Waals surface area contributed by atoms with Crippen LogP contribution in [-0.2, 0) is 0 Å². The number of hydrogen-bond acceptors (Lipinski definition) is 4. The van der Waals surface area contributed by atoms with Gasteiger partial charge < -0.3 is 9.73 Å². The molecule has 0 radical (unpaired) electrons. The SMILES string of the molecule is CC.Cc1cc2oc(F)cc2cc1-c1ccc(NC(=O)c2c(F)cncc2F)nc1. The van der Waals surface area contributed by atoms with Gasteiger partial charge in [-0.25, -0.2) is 13.8 Å². The number of amides is 1. The third-order valence-electron chi connectivity index (χ3n) is 4.23. The van der Waals surface area contributed by atoms with Crippen LogP contribution in [0.2, 0.25) is 0 Å². The lowest BCUT2D eigenvalue weighted by molar-refractivity contribution is 0.101. The fraction of sp³-hybridized carbons (Fsp3) is 0.136. The highest BCUT2D eigenvalue weighted by molar-refractivity contribution is 6.04. The Morgan fingerprint density at radius 3 is 2.33 bits per heavy atom. The lowest BCUT2D eigenvalue weighted by atomic mass is 10.0. The van der Waals surface area contributed by atoms with Gasteiger partial charge in [0.1, 0.15) is 17.0 Å². The molecule has 0 spiro atoms. The van der Waals surface area contributed by atoms with Crippen molar-refractivity contribution in [2.24, 2.45) is 0 Å². The third-order valence-corrected chi connectivity index (χ3v) is 4.23. The summed E-state index contributed by atoms with van der Waals surface area (Å²) in [6.45, 7) is 5.85. The van der Waals surface area contributed by atoms with E-state index in [-0.39, 0.29) is 5.82 Å². The van der Waals surface area contributed by atoms with Crippen LogP contribution in [0.25, 0.3) is 22.1 Å². The highest BCUT2D eigenvalue weighted by Gasteiger charge is 2.18. The normalized spacial score (nSPS) is 10.5. The Hall–Kier alpha value is -3.68. The topological polar surface area (TPSA) is 68.0 Å². The van der Waals surface area contributed by atoms with Crippen molar-refractivity contribution in [3.63, 3.8) is 0 Å². The van der Waals surface area contributed by atoms with Crippen molar-refractivity contribution in [1.82, 2.24) is 9.97 Å². The molecular weight excluding hydrogens is 395 g/mol. The Labute approximate surface area is 170 Å². The molecule has 0 saturated heterocycles. The van der Waals surface area contributed by atoms with E-state index >= 15 is 0 Å². The Kier molecular flexibility index (Phi) is 6.15. The monoisotopic (exact) mass is 413 g/mol. The highest BCUT2D eigenvalue weighted by atomic mass is 19.1. The molecule has 1 amide bonds. The van der Waals surface area contributed by atoms with E-state index in [4.69, 9.17) is 4.42 Å². The van der Waals surface area contributed by atoms with Crippen LogP contribution < -0.4 is 5.32 Å².